The van der Waals surface area contributed by atoms with Gasteiger partial charge in [0.05, 0.1) is 6.42 Å². The summed E-state index contributed by atoms with van der Waals surface area (Å²) in [6, 6.07) is 8.70. The molecule has 16 heavy (non-hydrogen) atoms. The molecule has 1 N–H and O–H groups in total. The Kier molecular flexibility index (Phi) is 3.22. The van der Waals surface area contributed by atoms with Crippen molar-refractivity contribution >= 4 is 23.3 Å². The van der Waals surface area contributed by atoms with E-state index in [4.69, 9.17) is 11.6 Å². The molecule has 0 bridgehead atoms. The molecule has 5 heteroatoms. The zero-order valence-corrected chi connectivity index (χ0v) is 9.07. The molecule has 82 valence electrons. The maximum atomic E-state index is 11.5. The molecule has 0 aliphatic carbocycles. The summed E-state index contributed by atoms with van der Waals surface area (Å²) in [7, 11) is 0. The first-order valence-corrected chi connectivity index (χ1v) is 5.06. The van der Waals surface area contributed by atoms with Crippen LogP contribution < -0.4 is 5.32 Å². The van der Waals surface area contributed by atoms with Crippen LogP contribution in [0.5, 0.6) is 0 Å². The second-order valence-corrected chi connectivity index (χ2v) is 3.67. The van der Waals surface area contributed by atoms with Gasteiger partial charge in [-0.25, -0.2) is 0 Å². The van der Waals surface area contributed by atoms with E-state index in [0.717, 1.165) is 5.56 Å². The van der Waals surface area contributed by atoms with Crippen molar-refractivity contribution in [1.82, 2.24) is 5.16 Å². The van der Waals surface area contributed by atoms with E-state index in [9.17, 15) is 4.79 Å². The van der Waals surface area contributed by atoms with Crippen LogP contribution in [-0.4, -0.2) is 11.1 Å². The monoisotopic (exact) mass is 236 g/mol. The normalized spacial score (nSPS) is 10.1. The molecule has 0 saturated carbocycles. The topological polar surface area (TPSA) is 55.1 Å². The van der Waals surface area contributed by atoms with Gasteiger partial charge in [-0.1, -0.05) is 28.9 Å². The predicted octanol–water partition coefficient (Wildman–Crippen LogP) is 2.51. The molecule has 0 radical (unpaired) electrons. The Hall–Kier alpha value is -1.81. The van der Waals surface area contributed by atoms with Crippen molar-refractivity contribution in [3.63, 3.8) is 0 Å². The summed E-state index contributed by atoms with van der Waals surface area (Å²) in [5.74, 6) is 0.273. The van der Waals surface area contributed by atoms with Crippen LogP contribution in [0.2, 0.25) is 5.02 Å². The number of amides is 1. The first-order chi connectivity index (χ1) is 7.74. The van der Waals surface area contributed by atoms with E-state index in [1.54, 1.807) is 18.2 Å². The van der Waals surface area contributed by atoms with Crippen LogP contribution in [0.3, 0.4) is 0 Å². The Bertz CT molecular complexity index is 465. The van der Waals surface area contributed by atoms with E-state index < -0.39 is 0 Å². The summed E-state index contributed by atoms with van der Waals surface area (Å²) < 4.78 is 4.60. The highest BCUT2D eigenvalue weighted by Crippen LogP contribution is 2.10. The van der Waals surface area contributed by atoms with E-state index in [2.05, 4.69) is 15.0 Å². The molecule has 0 unspecified atom stereocenters. The van der Waals surface area contributed by atoms with Crippen molar-refractivity contribution in [1.29, 1.82) is 0 Å². The van der Waals surface area contributed by atoms with Crippen LogP contribution in [-0.2, 0) is 11.2 Å². The van der Waals surface area contributed by atoms with Crippen LogP contribution in [0.25, 0.3) is 0 Å². The maximum absolute atomic E-state index is 11.5. The van der Waals surface area contributed by atoms with Gasteiger partial charge in [0.25, 0.3) is 0 Å². The number of carbonyl (C=O) groups is 1. The van der Waals surface area contributed by atoms with E-state index in [0.29, 0.717) is 10.8 Å². The Morgan fingerprint density at radius 3 is 2.69 bits per heavy atom. The fourth-order valence-electron chi connectivity index (χ4n) is 1.25. The summed E-state index contributed by atoms with van der Waals surface area (Å²) in [6.45, 7) is 0. The lowest BCUT2D eigenvalue weighted by atomic mass is 10.1. The van der Waals surface area contributed by atoms with Gasteiger partial charge in [0.15, 0.2) is 5.82 Å². The number of nitrogens with zero attached hydrogens (tertiary/aromatic N) is 1. The van der Waals surface area contributed by atoms with Gasteiger partial charge in [-0.3, -0.25) is 4.79 Å². The summed E-state index contributed by atoms with van der Waals surface area (Å²) in [6.07, 6.45) is 1.68. The summed E-state index contributed by atoms with van der Waals surface area (Å²) in [4.78, 5) is 11.5. The fourth-order valence-corrected chi connectivity index (χ4v) is 1.38. The van der Waals surface area contributed by atoms with E-state index >= 15 is 0 Å². The average Bonchev–Trinajstić information content (AvgIpc) is 2.74. The fraction of sp³-hybridized carbons (Fsp3) is 0.0909. The number of nitrogens with one attached hydrogen (secondary N) is 1. The van der Waals surface area contributed by atoms with Crippen molar-refractivity contribution in [2.45, 2.75) is 6.42 Å². The number of aromatic nitrogens is 1. The van der Waals surface area contributed by atoms with Crippen LogP contribution in [0.4, 0.5) is 5.82 Å². The third-order valence-corrected chi connectivity index (χ3v) is 2.24. The van der Waals surface area contributed by atoms with Gasteiger partial charge in [0.1, 0.15) is 6.26 Å². The standard InChI is InChI=1S/C11H9ClN2O2/c12-9-3-1-8(2-4-9)7-11(15)13-10-5-6-16-14-10/h1-6H,7H2,(H,13,14,15). The van der Waals surface area contributed by atoms with Gasteiger partial charge >= 0.3 is 0 Å². The molecule has 1 aromatic heterocycles. The van der Waals surface area contributed by atoms with E-state index in [1.807, 2.05) is 12.1 Å². The maximum Gasteiger partial charge on any atom is 0.230 e. The van der Waals surface area contributed by atoms with Crippen molar-refractivity contribution in [2.75, 3.05) is 5.32 Å². The molecule has 0 atom stereocenters. The number of hydrogen-bond acceptors (Lipinski definition) is 3. The Balaban J connectivity index is 1.95. The lowest BCUT2D eigenvalue weighted by Gasteiger charge is -2.01. The van der Waals surface area contributed by atoms with Gasteiger partial charge < -0.3 is 9.84 Å². The first-order valence-electron chi connectivity index (χ1n) is 4.69. The van der Waals surface area contributed by atoms with Crippen LogP contribution in [0, 0.1) is 0 Å². The van der Waals surface area contributed by atoms with Crippen molar-refractivity contribution < 1.29 is 9.32 Å². The number of hydrogen-bond donors (Lipinski definition) is 1. The highest BCUT2D eigenvalue weighted by molar-refractivity contribution is 6.30. The van der Waals surface area contributed by atoms with Gasteiger partial charge in [0.2, 0.25) is 5.91 Å². The number of rotatable bonds is 3. The number of halogens is 1. The summed E-state index contributed by atoms with van der Waals surface area (Å²) in [5, 5.41) is 6.85. The van der Waals surface area contributed by atoms with E-state index in [1.165, 1.54) is 6.26 Å². The molecule has 1 aromatic carbocycles. The number of carbonyl (C=O) groups excluding carboxylic acids is 1. The highest BCUT2D eigenvalue weighted by Gasteiger charge is 2.05. The largest absolute Gasteiger partial charge is 0.363 e. The second-order valence-electron chi connectivity index (χ2n) is 3.24. The van der Waals surface area contributed by atoms with Crippen molar-refractivity contribution in [2.24, 2.45) is 0 Å². The zero-order chi connectivity index (χ0) is 11.4. The lowest BCUT2D eigenvalue weighted by Crippen LogP contribution is -2.14. The Morgan fingerprint density at radius 1 is 1.31 bits per heavy atom. The number of anilines is 1. The average molecular weight is 237 g/mol. The quantitative estimate of drug-likeness (QED) is 0.891. The summed E-state index contributed by atoms with van der Waals surface area (Å²) in [5.41, 5.74) is 0.894. The van der Waals surface area contributed by atoms with Gasteiger partial charge in [-0.15, -0.1) is 0 Å². The van der Waals surface area contributed by atoms with Gasteiger partial charge in [0, 0.05) is 11.1 Å². The van der Waals surface area contributed by atoms with E-state index in [-0.39, 0.29) is 12.3 Å². The molecule has 2 rings (SSSR count). The first kappa shape index (κ1) is 10.7. The third-order valence-electron chi connectivity index (χ3n) is 1.98. The SMILES string of the molecule is O=C(Cc1ccc(Cl)cc1)Nc1ccon1. The molecule has 0 aliphatic rings. The molecule has 1 heterocycles. The molecule has 2 aromatic rings. The minimum atomic E-state index is -0.142. The summed E-state index contributed by atoms with van der Waals surface area (Å²) >= 11 is 5.74. The van der Waals surface area contributed by atoms with Crippen LogP contribution in [0.1, 0.15) is 5.56 Å². The van der Waals surface area contributed by atoms with Gasteiger partial charge in [-0.2, -0.15) is 0 Å². The predicted molar refractivity (Wildman–Crippen MR) is 60.3 cm³/mol. The molecule has 0 saturated heterocycles. The van der Waals surface area contributed by atoms with Crippen LogP contribution in [0.15, 0.2) is 41.1 Å². The Morgan fingerprint density at radius 2 is 2.06 bits per heavy atom. The molecule has 4 nitrogen and oxygen atoms in total. The molecular weight excluding hydrogens is 228 g/mol. The molecule has 0 fully saturated rings. The minimum Gasteiger partial charge on any atom is -0.363 e. The number of benzene rings is 1. The minimum absolute atomic E-state index is 0.142. The van der Waals surface area contributed by atoms with Crippen molar-refractivity contribution in [3.8, 4) is 0 Å². The van der Waals surface area contributed by atoms with Crippen molar-refractivity contribution in [3.05, 3.63) is 47.2 Å². The Labute approximate surface area is 97.2 Å². The van der Waals surface area contributed by atoms with Gasteiger partial charge in [-0.05, 0) is 17.7 Å². The lowest BCUT2D eigenvalue weighted by molar-refractivity contribution is -0.115. The van der Waals surface area contributed by atoms with Crippen LogP contribution >= 0.6 is 11.6 Å². The third kappa shape index (κ3) is 2.84. The highest BCUT2D eigenvalue weighted by atomic mass is 35.5. The molecule has 0 aliphatic heterocycles. The molecule has 0 spiro atoms. The molecule has 1 amide bonds. The second kappa shape index (κ2) is 4.81. The molecular formula is C11H9ClN2O2. The zero-order valence-electron chi connectivity index (χ0n) is 8.31. The smallest absolute Gasteiger partial charge is 0.230 e.